The molecule has 118 valence electrons. The molecule has 1 saturated heterocycles. The minimum atomic E-state index is 0.172. The summed E-state index contributed by atoms with van der Waals surface area (Å²) < 4.78 is 5.79. The van der Waals surface area contributed by atoms with Crippen LogP contribution in [0, 0.1) is 5.92 Å². The Morgan fingerprint density at radius 3 is 2.48 bits per heavy atom. The van der Waals surface area contributed by atoms with E-state index in [2.05, 4.69) is 36.0 Å². The van der Waals surface area contributed by atoms with E-state index in [0.717, 1.165) is 30.4 Å². The minimum absolute atomic E-state index is 0.172. The van der Waals surface area contributed by atoms with Gasteiger partial charge in [-0.1, -0.05) is 0 Å². The van der Waals surface area contributed by atoms with Crippen molar-refractivity contribution >= 4 is 11.4 Å². The van der Waals surface area contributed by atoms with Gasteiger partial charge in [0.05, 0.1) is 6.10 Å². The molecule has 4 nitrogen and oxygen atoms in total. The lowest BCUT2D eigenvalue weighted by atomic mass is 9.96. The molecule has 1 aliphatic heterocycles. The van der Waals surface area contributed by atoms with Gasteiger partial charge in [-0.15, -0.1) is 0 Å². The van der Waals surface area contributed by atoms with Gasteiger partial charge in [0.2, 0.25) is 0 Å². The molecule has 1 heterocycles. The van der Waals surface area contributed by atoms with E-state index in [4.69, 9.17) is 10.5 Å². The van der Waals surface area contributed by atoms with Crippen molar-refractivity contribution in [2.75, 3.05) is 44.4 Å². The summed E-state index contributed by atoms with van der Waals surface area (Å²) in [5.41, 5.74) is 7.99. The van der Waals surface area contributed by atoms with Gasteiger partial charge in [0, 0.05) is 43.1 Å². The maximum atomic E-state index is 6.02. The van der Waals surface area contributed by atoms with Crippen molar-refractivity contribution in [1.82, 2.24) is 4.90 Å². The second-order valence-corrected chi connectivity index (χ2v) is 6.62. The molecule has 0 saturated carbocycles. The van der Waals surface area contributed by atoms with Gasteiger partial charge in [0.15, 0.2) is 0 Å². The van der Waals surface area contributed by atoms with Gasteiger partial charge in [0.25, 0.3) is 0 Å². The third-order valence-corrected chi connectivity index (χ3v) is 3.89. The molecular weight excluding hydrogens is 262 g/mol. The molecule has 0 unspecified atom stereocenters. The lowest BCUT2D eigenvalue weighted by Crippen LogP contribution is -2.37. The maximum Gasteiger partial charge on any atom is 0.123 e. The summed E-state index contributed by atoms with van der Waals surface area (Å²) >= 11 is 0. The number of rotatable bonds is 5. The molecule has 2 N–H and O–H groups in total. The predicted molar refractivity (Wildman–Crippen MR) is 90.1 cm³/mol. The smallest absolute Gasteiger partial charge is 0.123 e. The fourth-order valence-corrected chi connectivity index (χ4v) is 3.02. The number of nitrogens with two attached hydrogens (primary N) is 1. The van der Waals surface area contributed by atoms with Crippen LogP contribution in [0.15, 0.2) is 18.2 Å². The number of nitrogens with zero attached hydrogens (tertiary/aromatic N) is 2. The molecule has 0 spiro atoms. The normalized spacial score (nSPS) is 16.8. The minimum Gasteiger partial charge on any atom is -0.491 e. The maximum absolute atomic E-state index is 6.02. The first kappa shape index (κ1) is 16.0. The molecule has 0 amide bonds. The Hall–Kier alpha value is -1.42. The van der Waals surface area contributed by atoms with Crippen molar-refractivity contribution in [2.45, 2.75) is 32.8 Å². The van der Waals surface area contributed by atoms with Crippen molar-refractivity contribution in [2.24, 2.45) is 5.92 Å². The highest BCUT2D eigenvalue weighted by molar-refractivity contribution is 5.60. The van der Waals surface area contributed by atoms with E-state index in [1.165, 1.54) is 25.1 Å². The highest BCUT2D eigenvalue weighted by atomic mass is 16.5. The van der Waals surface area contributed by atoms with Crippen LogP contribution in [0.2, 0.25) is 0 Å². The number of piperidine rings is 1. The zero-order chi connectivity index (χ0) is 15.4. The van der Waals surface area contributed by atoms with E-state index >= 15 is 0 Å². The third kappa shape index (κ3) is 4.81. The fraction of sp³-hybridized carbons (Fsp3) is 0.647. The van der Waals surface area contributed by atoms with Crippen molar-refractivity contribution in [3.05, 3.63) is 18.2 Å². The summed E-state index contributed by atoms with van der Waals surface area (Å²) in [6, 6.07) is 6.07. The number of anilines is 2. The van der Waals surface area contributed by atoms with Gasteiger partial charge in [-0.25, -0.2) is 0 Å². The quantitative estimate of drug-likeness (QED) is 0.847. The number of hydrogen-bond donors (Lipinski definition) is 1. The molecule has 1 aromatic rings. The number of benzene rings is 1. The number of hydrogen-bond acceptors (Lipinski definition) is 4. The van der Waals surface area contributed by atoms with Crippen LogP contribution in [0.25, 0.3) is 0 Å². The molecule has 4 heteroatoms. The van der Waals surface area contributed by atoms with Crippen molar-refractivity contribution < 1.29 is 4.74 Å². The Balaban J connectivity index is 2.01. The fourth-order valence-electron chi connectivity index (χ4n) is 3.02. The molecule has 2 rings (SSSR count). The first-order valence-corrected chi connectivity index (χ1v) is 7.91. The summed E-state index contributed by atoms with van der Waals surface area (Å²) in [5.74, 6) is 1.68. The highest BCUT2D eigenvalue weighted by Crippen LogP contribution is 2.29. The number of nitrogen functional groups attached to an aromatic ring is 1. The van der Waals surface area contributed by atoms with Crippen LogP contribution in [0.5, 0.6) is 5.75 Å². The Morgan fingerprint density at radius 2 is 1.90 bits per heavy atom. The molecule has 21 heavy (non-hydrogen) atoms. The second kappa shape index (κ2) is 7.03. The van der Waals surface area contributed by atoms with Crippen LogP contribution in [0.4, 0.5) is 11.4 Å². The van der Waals surface area contributed by atoms with Crippen LogP contribution >= 0.6 is 0 Å². The second-order valence-electron chi connectivity index (χ2n) is 6.62. The monoisotopic (exact) mass is 291 g/mol. The zero-order valence-corrected chi connectivity index (χ0v) is 13.8. The summed E-state index contributed by atoms with van der Waals surface area (Å²) in [6.45, 7) is 7.46. The first-order chi connectivity index (χ1) is 9.94. The molecule has 1 aliphatic rings. The topological polar surface area (TPSA) is 41.7 Å². The first-order valence-electron chi connectivity index (χ1n) is 7.91. The molecule has 0 aliphatic carbocycles. The van der Waals surface area contributed by atoms with E-state index in [1.54, 1.807) is 0 Å². The van der Waals surface area contributed by atoms with Crippen LogP contribution < -0.4 is 15.4 Å². The van der Waals surface area contributed by atoms with Gasteiger partial charge in [-0.3, -0.25) is 0 Å². The van der Waals surface area contributed by atoms with Crippen LogP contribution in [0.1, 0.15) is 26.7 Å². The summed E-state index contributed by atoms with van der Waals surface area (Å²) in [7, 11) is 4.31. The number of ether oxygens (including phenoxy) is 1. The molecule has 1 aromatic carbocycles. The summed E-state index contributed by atoms with van der Waals surface area (Å²) in [4.78, 5) is 4.71. The highest BCUT2D eigenvalue weighted by Gasteiger charge is 2.20. The Kier molecular flexibility index (Phi) is 5.34. The lowest BCUT2D eigenvalue weighted by Gasteiger charge is -2.35. The molecule has 0 aromatic heterocycles. The zero-order valence-electron chi connectivity index (χ0n) is 13.8. The van der Waals surface area contributed by atoms with E-state index in [1.807, 2.05) is 19.9 Å². The molecular formula is C17H29N3O. The lowest BCUT2D eigenvalue weighted by molar-refractivity contribution is 0.242. The molecule has 0 atom stereocenters. The summed E-state index contributed by atoms with van der Waals surface area (Å²) in [5, 5.41) is 0. The average molecular weight is 291 g/mol. The van der Waals surface area contributed by atoms with Crippen LogP contribution in [-0.4, -0.2) is 44.7 Å². The van der Waals surface area contributed by atoms with E-state index in [0.29, 0.717) is 0 Å². The van der Waals surface area contributed by atoms with Crippen molar-refractivity contribution in [3.63, 3.8) is 0 Å². The third-order valence-electron chi connectivity index (χ3n) is 3.89. The van der Waals surface area contributed by atoms with Gasteiger partial charge in [0.1, 0.15) is 5.75 Å². The molecule has 1 fully saturated rings. The van der Waals surface area contributed by atoms with E-state index < -0.39 is 0 Å². The molecule has 0 radical (unpaired) electrons. The van der Waals surface area contributed by atoms with E-state index in [-0.39, 0.29) is 6.10 Å². The van der Waals surface area contributed by atoms with Crippen molar-refractivity contribution in [1.29, 1.82) is 0 Å². The SMILES string of the molecule is CC(C)Oc1cc(N)cc(N2CCC(CN(C)C)CC2)c1. The standard InChI is InChI=1S/C17H29N3O/c1-13(2)21-17-10-15(18)9-16(11-17)20-7-5-14(6-8-20)12-19(3)4/h9-11,13-14H,5-8,12,18H2,1-4H3. The largest absolute Gasteiger partial charge is 0.491 e. The van der Waals surface area contributed by atoms with Crippen molar-refractivity contribution in [3.8, 4) is 5.75 Å². The van der Waals surface area contributed by atoms with Crippen LogP contribution in [0.3, 0.4) is 0 Å². The Morgan fingerprint density at radius 1 is 1.24 bits per heavy atom. The summed E-state index contributed by atoms with van der Waals surface area (Å²) in [6.07, 6.45) is 2.66. The van der Waals surface area contributed by atoms with Gasteiger partial charge in [-0.05, 0) is 52.8 Å². The predicted octanol–water partition coefficient (Wildman–Crippen LogP) is 2.83. The van der Waals surface area contributed by atoms with Gasteiger partial charge >= 0.3 is 0 Å². The average Bonchev–Trinajstić information content (AvgIpc) is 2.37. The van der Waals surface area contributed by atoms with Crippen LogP contribution in [-0.2, 0) is 0 Å². The van der Waals surface area contributed by atoms with Gasteiger partial charge < -0.3 is 20.3 Å². The Labute approximate surface area is 128 Å². The Bertz CT molecular complexity index is 451. The van der Waals surface area contributed by atoms with Gasteiger partial charge in [-0.2, -0.15) is 0 Å². The van der Waals surface area contributed by atoms with E-state index in [9.17, 15) is 0 Å². The molecule has 0 bridgehead atoms.